The SMILES string of the molecule is CCCCNC(=O)C(Cc1ccccc1)N(Cc1cccc(OC)c1)C(=O)COc1ccc([N+](=O)[O-])c(OC)c1. The number of hydrogen-bond acceptors (Lipinski definition) is 7. The van der Waals surface area contributed by atoms with Crippen molar-refractivity contribution in [3.8, 4) is 17.2 Å². The zero-order valence-electron chi connectivity index (χ0n) is 23.0. The molecule has 1 N–H and O–H groups in total. The second kappa shape index (κ2) is 15.1. The zero-order valence-corrected chi connectivity index (χ0v) is 23.0. The molecule has 0 spiro atoms. The first-order valence-corrected chi connectivity index (χ1v) is 13.1. The molecule has 0 aliphatic rings. The number of unbranched alkanes of at least 4 members (excludes halogenated alkanes) is 1. The minimum Gasteiger partial charge on any atom is -0.497 e. The highest BCUT2D eigenvalue weighted by atomic mass is 16.6. The van der Waals surface area contributed by atoms with E-state index in [9.17, 15) is 19.7 Å². The number of nitrogens with zero attached hydrogens (tertiary/aromatic N) is 2. The Bertz CT molecular complexity index is 1280. The number of nitrogens with one attached hydrogen (secondary N) is 1. The van der Waals surface area contributed by atoms with Gasteiger partial charge in [-0.3, -0.25) is 19.7 Å². The molecule has 1 unspecified atom stereocenters. The quantitative estimate of drug-likeness (QED) is 0.168. The van der Waals surface area contributed by atoms with Crippen molar-refractivity contribution in [2.24, 2.45) is 0 Å². The fourth-order valence-electron chi connectivity index (χ4n) is 4.15. The Hall–Kier alpha value is -4.60. The number of carbonyl (C=O) groups excluding carboxylic acids is 2. The number of nitro groups is 1. The molecule has 3 aromatic rings. The standard InChI is InChI=1S/C30H35N3O7/c1-4-5-16-31-30(35)27(18-22-10-7-6-8-11-22)32(20-23-12-9-13-24(17-23)38-2)29(34)21-40-25-14-15-26(33(36)37)28(19-25)39-3/h6-15,17,19,27H,4-5,16,18,20-21H2,1-3H3,(H,31,35). The van der Waals surface area contributed by atoms with Gasteiger partial charge in [0.05, 0.1) is 19.1 Å². The van der Waals surface area contributed by atoms with Crippen LogP contribution in [0.25, 0.3) is 0 Å². The molecule has 0 bridgehead atoms. The average molecular weight is 550 g/mol. The third-order valence-electron chi connectivity index (χ3n) is 6.30. The minimum atomic E-state index is -0.812. The summed E-state index contributed by atoms with van der Waals surface area (Å²) >= 11 is 0. The lowest BCUT2D eigenvalue weighted by Gasteiger charge is -2.31. The van der Waals surface area contributed by atoms with Gasteiger partial charge in [0.2, 0.25) is 11.7 Å². The first kappa shape index (κ1) is 29.9. The molecule has 0 saturated heterocycles. The van der Waals surface area contributed by atoms with E-state index >= 15 is 0 Å². The number of amides is 2. The van der Waals surface area contributed by atoms with Crippen LogP contribution >= 0.6 is 0 Å². The van der Waals surface area contributed by atoms with E-state index in [-0.39, 0.29) is 29.6 Å². The maximum Gasteiger partial charge on any atom is 0.311 e. The van der Waals surface area contributed by atoms with E-state index in [1.165, 1.54) is 30.2 Å². The Labute approximate surface area is 234 Å². The van der Waals surface area contributed by atoms with E-state index < -0.39 is 23.5 Å². The van der Waals surface area contributed by atoms with Gasteiger partial charge in [0, 0.05) is 31.6 Å². The third kappa shape index (κ3) is 8.45. The smallest absolute Gasteiger partial charge is 0.311 e. The van der Waals surface area contributed by atoms with Gasteiger partial charge in [-0.05, 0) is 35.7 Å². The average Bonchev–Trinajstić information content (AvgIpc) is 2.98. The maximum absolute atomic E-state index is 13.7. The second-order valence-electron chi connectivity index (χ2n) is 9.10. The van der Waals surface area contributed by atoms with Crippen molar-refractivity contribution in [1.29, 1.82) is 0 Å². The fraction of sp³-hybridized carbons (Fsp3) is 0.333. The molecule has 10 nitrogen and oxygen atoms in total. The molecule has 0 aliphatic carbocycles. The Kier molecular flexibility index (Phi) is 11.3. The van der Waals surface area contributed by atoms with Crippen molar-refractivity contribution in [2.45, 2.75) is 38.8 Å². The predicted octanol–water partition coefficient (Wildman–Crippen LogP) is 4.55. The van der Waals surface area contributed by atoms with E-state index in [1.54, 1.807) is 13.2 Å². The van der Waals surface area contributed by atoms with E-state index in [1.807, 2.05) is 55.5 Å². The van der Waals surface area contributed by atoms with Crippen molar-refractivity contribution >= 4 is 17.5 Å². The summed E-state index contributed by atoms with van der Waals surface area (Å²) in [6, 6.07) is 20.0. The predicted molar refractivity (Wildman–Crippen MR) is 151 cm³/mol. The van der Waals surface area contributed by atoms with Crippen LogP contribution in [0, 0.1) is 10.1 Å². The van der Waals surface area contributed by atoms with Gasteiger partial charge in [-0.2, -0.15) is 0 Å². The molecule has 0 fully saturated rings. The van der Waals surface area contributed by atoms with Gasteiger partial charge in [0.25, 0.3) is 5.91 Å². The van der Waals surface area contributed by atoms with Gasteiger partial charge in [-0.1, -0.05) is 55.8 Å². The number of rotatable bonds is 15. The Morgan fingerprint density at radius 2 is 1.70 bits per heavy atom. The van der Waals surface area contributed by atoms with Crippen LogP contribution in [0.1, 0.15) is 30.9 Å². The van der Waals surface area contributed by atoms with Crippen LogP contribution in [0.15, 0.2) is 72.8 Å². The van der Waals surface area contributed by atoms with Crippen LogP contribution in [0.4, 0.5) is 5.69 Å². The molecule has 10 heteroatoms. The molecular formula is C30H35N3O7. The van der Waals surface area contributed by atoms with Gasteiger partial charge >= 0.3 is 5.69 Å². The number of methoxy groups -OCH3 is 2. The zero-order chi connectivity index (χ0) is 28.9. The maximum atomic E-state index is 13.7. The van der Waals surface area contributed by atoms with Crippen LogP contribution < -0.4 is 19.5 Å². The van der Waals surface area contributed by atoms with Gasteiger partial charge in [0.1, 0.15) is 17.5 Å². The topological polar surface area (TPSA) is 120 Å². The molecule has 1 atom stereocenters. The molecule has 212 valence electrons. The molecule has 2 amide bonds. The van der Waals surface area contributed by atoms with Gasteiger partial charge in [0.15, 0.2) is 6.61 Å². The number of nitro benzene ring substituents is 1. The summed E-state index contributed by atoms with van der Waals surface area (Å²) in [5, 5.41) is 14.2. The van der Waals surface area contributed by atoms with Crippen LogP contribution in [-0.4, -0.2) is 55.1 Å². The highest BCUT2D eigenvalue weighted by Crippen LogP contribution is 2.31. The molecule has 0 heterocycles. The molecule has 3 aromatic carbocycles. The number of carbonyl (C=O) groups is 2. The van der Waals surface area contributed by atoms with Crippen molar-refractivity contribution < 1.29 is 28.7 Å². The van der Waals surface area contributed by atoms with E-state index in [0.717, 1.165) is 24.0 Å². The Morgan fingerprint density at radius 3 is 2.38 bits per heavy atom. The normalized spacial score (nSPS) is 11.3. The number of ether oxygens (including phenoxy) is 3. The van der Waals surface area contributed by atoms with Crippen molar-refractivity contribution in [3.05, 3.63) is 94.0 Å². The van der Waals surface area contributed by atoms with E-state index in [4.69, 9.17) is 14.2 Å². The van der Waals surface area contributed by atoms with Crippen molar-refractivity contribution in [3.63, 3.8) is 0 Å². The highest BCUT2D eigenvalue weighted by molar-refractivity contribution is 5.88. The molecule has 0 aliphatic heterocycles. The van der Waals surface area contributed by atoms with Gasteiger partial charge in [-0.25, -0.2) is 0 Å². The van der Waals surface area contributed by atoms with Gasteiger partial charge < -0.3 is 24.4 Å². The molecule has 40 heavy (non-hydrogen) atoms. The molecule has 0 saturated carbocycles. The van der Waals surface area contributed by atoms with Crippen LogP contribution in [0.2, 0.25) is 0 Å². The van der Waals surface area contributed by atoms with Gasteiger partial charge in [-0.15, -0.1) is 0 Å². The summed E-state index contributed by atoms with van der Waals surface area (Å²) in [6.45, 7) is 2.29. The number of hydrogen-bond donors (Lipinski definition) is 1. The summed E-state index contributed by atoms with van der Waals surface area (Å²) < 4.78 is 16.2. The minimum absolute atomic E-state index is 0.0143. The summed E-state index contributed by atoms with van der Waals surface area (Å²) in [5.41, 5.74) is 1.47. The monoisotopic (exact) mass is 549 g/mol. The third-order valence-corrected chi connectivity index (χ3v) is 6.30. The first-order chi connectivity index (χ1) is 19.4. The van der Waals surface area contributed by atoms with E-state index in [2.05, 4.69) is 5.32 Å². The highest BCUT2D eigenvalue weighted by Gasteiger charge is 2.31. The largest absolute Gasteiger partial charge is 0.497 e. The fourth-order valence-corrected chi connectivity index (χ4v) is 4.15. The van der Waals surface area contributed by atoms with Crippen LogP contribution in [-0.2, 0) is 22.6 Å². The second-order valence-corrected chi connectivity index (χ2v) is 9.10. The van der Waals surface area contributed by atoms with Crippen LogP contribution in [0.3, 0.4) is 0 Å². The lowest BCUT2D eigenvalue weighted by molar-refractivity contribution is -0.385. The molecule has 0 aromatic heterocycles. The first-order valence-electron chi connectivity index (χ1n) is 13.1. The lowest BCUT2D eigenvalue weighted by atomic mass is 10.0. The molecule has 0 radical (unpaired) electrons. The van der Waals surface area contributed by atoms with Crippen molar-refractivity contribution in [1.82, 2.24) is 10.2 Å². The lowest BCUT2D eigenvalue weighted by Crippen LogP contribution is -2.51. The summed E-state index contributed by atoms with van der Waals surface area (Å²) in [5.74, 6) is 0.188. The van der Waals surface area contributed by atoms with E-state index in [0.29, 0.717) is 18.7 Å². The summed E-state index contributed by atoms with van der Waals surface area (Å²) in [7, 11) is 2.88. The summed E-state index contributed by atoms with van der Waals surface area (Å²) in [6.07, 6.45) is 2.04. The van der Waals surface area contributed by atoms with Crippen LogP contribution in [0.5, 0.6) is 17.2 Å². The number of benzene rings is 3. The summed E-state index contributed by atoms with van der Waals surface area (Å²) in [4.78, 5) is 39.4. The Balaban J connectivity index is 1.91. The molecule has 3 rings (SSSR count). The van der Waals surface area contributed by atoms with Crippen molar-refractivity contribution in [2.75, 3.05) is 27.4 Å². The molecular weight excluding hydrogens is 514 g/mol. The Morgan fingerprint density at radius 1 is 0.950 bits per heavy atom.